The number of carbonyl (C=O) groups is 1. The largest absolute Gasteiger partial charge is 0.302 e. The molecule has 1 fully saturated rings. The average Bonchev–Trinajstić information content (AvgIpc) is 3.27. The highest BCUT2D eigenvalue weighted by Gasteiger charge is 2.72. The second-order valence-electron chi connectivity index (χ2n) is 5.47. The van der Waals surface area contributed by atoms with Crippen LogP contribution in [0.3, 0.4) is 0 Å². The molecule has 0 bridgehead atoms. The number of hydrogen-bond donors (Lipinski definition) is 0. The topological polar surface area (TPSA) is 75.0 Å². The number of nitrogens with zero attached hydrogens (tertiary/aromatic N) is 1. The molecule has 0 saturated heterocycles. The molecule has 0 spiro atoms. The standard InChI is InChI=1S/C17H12ClNO3S/c18-13-6-8-14(9-7-13)23(21,22)16-15(17(16,10-19)11-20)12-4-2-1-3-5-12/h1-9,11,15-16H. The van der Waals surface area contributed by atoms with Gasteiger partial charge in [-0.1, -0.05) is 41.9 Å². The average molecular weight is 346 g/mol. The Morgan fingerprint density at radius 2 is 1.70 bits per heavy atom. The molecule has 4 nitrogen and oxygen atoms in total. The van der Waals surface area contributed by atoms with Gasteiger partial charge in [0.1, 0.15) is 17.0 Å². The SMILES string of the molecule is N#CC1(C=O)C(c2ccccc2)C1S(=O)(=O)c1ccc(Cl)cc1. The Bertz CT molecular complexity index is 888. The van der Waals surface area contributed by atoms with Crippen molar-refractivity contribution in [2.24, 2.45) is 5.41 Å². The lowest BCUT2D eigenvalue weighted by molar-refractivity contribution is -0.110. The number of halogens is 1. The van der Waals surface area contributed by atoms with E-state index in [0.717, 1.165) is 0 Å². The van der Waals surface area contributed by atoms with Crippen molar-refractivity contribution < 1.29 is 13.2 Å². The molecule has 3 atom stereocenters. The van der Waals surface area contributed by atoms with Crippen molar-refractivity contribution in [1.82, 2.24) is 0 Å². The molecule has 0 heterocycles. The highest BCUT2D eigenvalue weighted by atomic mass is 35.5. The van der Waals surface area contributed by atoms with Crippen molar-refractivity contribution >= 4 is 27.7 Å². The van der Waals surface area contributed by atoms with Gasteiger partial charge in [0.15, 0.2) is 9.84 Å². The third kappa shape index (κ3) is 2.35. The summed E-state index contributed by atoms with van der Waals surface area (Å²) in [4.78, 5) is 11.6. The van der Waals surface area contributed by atoms with Crippen LogP contribution in [0.5, 0.6) is 0 Å². The Hall–Kier alpha value is -2.16. The minimum Gasteiger partial charge on any atom is -0.302 e. The molecule has 6 heteroatoms. The Kier molecular flexibility index (Phi) is 3.75. The summed E-state index contributed by atoms with van der Waals surface area (Å²) in [7, 11) is -3.82. The van der Waals surface area contributed by atoms with E-state index < -0.39 is 26.4 Å². The molecule has 0 aromatic heterocycles. The maximum atomic E-state index is 12.9. The number of aldehydes is 1. The molecule has 3 unspecified atom stereocenters. The van der Waals surface area contributed by atoms with Gasteiger partial charge in [-0.05, 0) is 29.8 Å². The molecular weight excluding hydrogens is 334 g/mol. The Balaban J connectivity index is 2.09. The summed E-state index contributed by atoms with van der Waals surface area (Å²) < 4.78 is 25.7. The first-order chi connectivity index (χ1) is 11.0. The lowest BCUT2D eigenvalue weighted by atomic mass is 10.0. The van der Waals surface area contributed by atoms with E-state index >= 15 is 0 Å². The number of carbonyl (C=O) groups excluding carboxylic acids is 1. The first-order valence-corrected chi connectivity index (χ1v) is 8.82. The van der Waals surface area contributed by atoms with Crippen molar-refractivity contribution in [3.63, 3.8) is 0 Å². The number of rotatable bonds is 4. The van der Waals surface area contributed by atoms with Crippen LogP contribution in [0.4, 0.5) is 0 Å². The molecule has 0 amide bonds. The van der Waals surface area contributed by atoms with Gasteiger partial charge >= 0.3 is 0 Å². The van der Waals surface area contributed by atoms with Gasteiger partial charge in [-0.15, -0.1) is 0 Å². The van der Waals surface area contributed by atoms with E-state index in [2.05, 4.69) is 0 Å². The van der Waals surface area contributed by atoms with Gasteiger partial charge in [-0.2, -0.15) is 5.26 Å². The fraction of sp³-hybridized carbons (Fsp3) is 0.176. The fourth-order valence-corrected chi connectivity index (χ4v) is 5.36. The second-order valence-corrected chi connectivity index (χ2v) is 7.98. The van der Waals surface area contributed by atoms with Crippen LogP contribution in [0.15, 0.2) is 59.5 Å². The number of hydrogen-bond acceptors (Lipinski definition) is 4. The summed E-state index contributed by atoms with van der Waals surface area (Å²) >= 11 is 5.79. The second kappa shape index (κ2) is 5.48. The lowest BCUT2D eigenvalue weighted by Gasteiger charge is -2.04. The van der Waals surface area contributed by atoms with E-state index in [1.165, 1.54) is 24.3 Å². The molecule has 2 aromatic carbocycles. The van der Waals surface area contributed by atoms with Crippen LogP contribution >= 0.6 is 11.6 Å². The third-order valence-corrected chi connectivity index (χ3v) is 6.71. The van der Waals surface area contributed by atoms with Crippen LogP contribution in [0.1, 0.15) is 11.5 Å². The number of nitriles is 1. The molecule has 2 aromatic rings. The summed E-state index contributed by atoms with van der Waals surface area (Å²) in [5.41, 5.74) is -0.872. The van der Waals surface area contributed by atoms with E-state index in [1.807, 2.05) is 6.07 Å². The quantitative estimate of drug-likeness (QED) is 0.798. The van der Waals surface area contributed by atoms with E-state index in [0.29, 0.717) is 16.9 Å². The third-order valence-electron chi connectivity index (χ3n) is 4.20. The Morgan fingerprint density at radius 1 is 1.09 bits per heavy atom. The van der Waals surface area contributed by atoms with E-state index in [-0.39, 0.29) is 4.90 Å². The molecular formula is C17H12ClNO3S. The summed E-state index contributed by atoms with van der Waals surface area (Å²) in [6.07, 6.45) is 0.461. The number of benzene rings is 2. The Morgan fingerprint density at radius 3 is 2.22 bits per heavy atom. The van der Waals surface area contributed by atoms with Gasteiger partial charge in [0, 0.05) is 10.9 Å². The molecule has 1 aliphatic carbocycles. The highest BCUT2D eigenvalue weighted by Crippen LogP contribution is 2.62. The predicted molar refractivity (Wildman–Crippen MR) is 85.7 cm³/mol. The van der Waals surface area contributed by atoms with Gasteiger partial charge in [-0.25, -0.2) is 8.42 Å². The summed E-state index contributed by atoms with van der Waals surface area (Å²) in [5.74, 6) is -0.660. The van der Waals surface area contributed by atoms with Crippen molar-refractivity contribution in [2.75, 3.05) is 0 Å². The predicted octanol–water partition coefficient (Wildman–Crippen LogP) is 2.99. The van der Waals surface area contributed by atoms with Gasteiger partial charge in [-0.3, -0.25) is 0 Å². The number of sulfone groups is 1. The van der Waals surface area contributed by atoms with Crippen molar-refractivity contribution in [3.8, 4) is 6.07 Å². The molecule has 23 heavy (non-hydrogen) atoms. The van der Waals surface area contributed by atoms with Gasteiger partial charge in [0.2, 0.25) is 0 Å². The first kappa shape index (κ1) is 15.7. The van der Waals surface area contributed by atoms with Gasteiger partial charge < -0.3 is 4.79 Å². The monoisotopic (exact) mass is 345 g/mol. The first-order valence-electron chi connectivity index (χ1n) is 6.89. The van der Waals surface area contributed by atoms with Crippen LogP contribution in [0, 0.1) is 16.7 Å². The van der Waals surface area contributed by atoms with E-state index in [4.69, 9.17) is 11.6 Å². The van der Waals surface area contributed by atoms with Crippen LogP contribution < -0.4 is 0 Å². The lowest BCUT2D eigenvalue weighted by Crippen LogP contribution is -2.16. The molecule has 1 aliphatic rings. The van der Waals surface area contributed by atoms with Crippen LogP contribution in [0.25, 0.3) is 0 Å². The van der Waals surface area contributed by atoms with Crippen molar-refractivity contribution in [3.05, 3.63) is 65.2 Å². The summed E-state index contributed by atoms with van der Waals surface area (Å²) in [6, 6.07) is 16.4. The maximum Gasteiger partial charge on any atom is 0.183 e. The highest BCUT2D eigenvalue weighted by molar-refractivity contribution is 7.92. The van der Waals surface area contributed by atoms with Crippen molar-refractivity contribution in [2.45, 2.75) is 16.1 Å². The van der Waals surface area contributed by atoms with Crippen LogP contribution in [-0.4, -0.2) is 20.0 Å². The van der Waals surface area contributed by atoms with E-state index in [1.54, 1.807) is 30.3 Å². The zero-order chi connectivity index (χ0) is 16.7. The minimum atomic E-state index is -3.82. The van der Waals surface area contributed by atoms with Gasteiger partial charge in [0.05, 0.1) is 11.0 Å². The smallest absolute Gasteiger partial charge is 0.183 e. The maximum absolute atomic E-state index is 12.9. The molecule has 0 aliphatic heterocycles. The fourth-order valence-electron chi connectivity index (χ4n) is 2.99. The molecule has 116 valence electrons. The zero-order valence-corrected chi connectivity index (χ0v) is 13.5. The van der Waals surface area contributed by atoms with E-state index in [9.17, 15) is 18.5 Å². The van der Waals surface area contributed by atoms with Crippen LogP contribution in [0.2, 0.25) is 5.02 Å². The molecule has 3 rings (SSSR count). The summed E-state index contributed by atoms with van der Waals surface area (Å²) in [5, 5.41) is 8.78. The minimum absolute atomic E-state index is 0.0619. The molecule has 0 radical (unpaired) electrons. The summed E-state index contributed by atoms with van der Waals surface area (Å²) in [6.45, 7) is 0. The molecule has 1 saturated carbocycles. The van der Waals surface area contributed by atoms with Crippen LogP contribution in [-0.2, 0) is 14.6 Å². The molecule has 0 N–H and O–H groups in total. The Labute approximate surface area is 139 Å². The zero-order valence-electron chi connectivity index (χ0n) is 11.9. The van der Waals surface area contributed by atoms with Crippen molar-refractivity contribution in [1.29, 1.82) is 5.26 Å². The normalized spacial score (nSPS) is 26.3. The van der Waals surface area contributed by atoms with Gasteiger partial charge in [0.25, 0.3) is 0 Å².